The summed E-state index contributed by atoms with van der Waals surface area (Å²) in [5.74, 6) is -0.472. The number of primary amides is 1. The molecule has 4 nitrogen and oxygen atoms in total. The summed E-state index contributed by atoms with van der Waals surface area (Å²) in [4.78, 5) is 10.6. The molecule has 11 heavy (non-hydrogen) atoms. The molecule has 1 rings (SSSR count). The largest absolute Gasteiger partial charge is 0.364 e. The number of amides is 1. The fourth-order valence-corrected chi connectivity index (χ4v) is 0.847. The zero-order chi connectivity index (χ0) is 8.27. The number of hydrogen-bond acceptors (Lipinski definition) is 2. The van der Waals surface area contributed by atoms with Gasteiger partial charge in [-0.3, -0.25) is 9.48 Å². The van der Waals surface area contributed by atoms with Crippen molar-refractivity contribution in [1.29, 1.82) is 0 Å². The highest BCUT2D eigenvalue weighted by atomic mass is 16.1. The maximum absolute atomic E-state index is 10.6. The third-order valence-electron chi connectivity index (χ3n) is 1.35. The van der Waals surface area contributed by atoms with Gasteiger partial charge in [-0.2, -0.15) is 5.10 Å². The van der Waals surface area contributed by atoms with E-state index in [1.807, 2.05) is 6.92 Å². The van der Waals surface area contributed by atoms with E-state index >= 15 is 0 Å². The second-order valence-corrected chi connectivity index (χ2v) is 2.33. The van der Waals surface area contributed by atoms with Crippen LogP contribution in [0.3, 0.4) is 0 Å². The predicted octanol–water partition coefficient (Wildman–Crippen LogP) is 0.392. The molecule has 0 unspecified atom stereocenters. The molecule has 60 valence electrons. The maximum atomic E-state index is 10.6. The average Bonchev–Trinajstić information content (AvgIpc) is 2.37. The third-order valence-corrected chi connectivity index (χ3v) is 1.35. The summed E-state index contributed by atoms with van der Waals surface area (Å²) >= 11 is 0. The van der Waals surface area contributed by atoms with E-state index in [1.54, 1.807) is 16.9 Å². The Bertz CT molecular complexity index is 254. The summed E-state index contributed by atoms with van der Waals surface area (Å²) in [7, 11) is 0. The summed E-state index contributed by atoms with van der Waals surface area (Å²) in [5, 5.41) is 3.94. The minimum Gasteiger partial charge on any atom is -0.364 e. The van der Waals surface area contributed by atoms with Crippen LogP contribution >= 0.6 is 0 Å². The van der Waals surface area contributed by atoms with Gasteiger partial charge in [0.1, 0.15) is 5.69 Å². The van der Waals surface area contributed by atoms with Crippen LogP contribution in [-0.2, 0) is 6.54 Å². The zero-order valence-corrected chi connectivity index (χ0v) is 6.45. The molecule has 2 N–H and O–H groups in total. The van der Waals surface area contributed by atoms with Crippen molar-refractivity contribution in [2.45, 2.75) is 19.9 Å². The van der Waals surface area contributed by atoms with Gasteiger partial charge in [-0.1, -0.05) is 6.92 Å². The molecule has 0 aliphatic rings. The fourth-order valence-electron chi connectivity index (χ4n) is 0.847. The summed E-state index contributed by atoms with van der Waals surface area (Å²) in [6.07, 6.45) is 2.75. The first-order chi connectivity index (χ1) is 5.24. The van der Waals surface area contributed by atoms with Crippen LogP contribution in [0.2, 0.25) is 0 Å². The van der Waals surface area contributed by atoms with Crippen molar-refractivity contribution in [1.82, 2.24) is 9.78 Å². The van der Waals surface area contributed by atoms with Crippen LogP contribution in [-0.4, -0.2) is 15.7 Å². The molecule has 1 amide bonds. The van der Waals surface area contributed by atoms with Gasteiger partial charge >= 0.3 is 0 Å². The summed E-state index contributed by atoms with van der Waals surface area (Å²) < 4.78 is 1.71. The monoisotopic (exact) mass is 153 g/mol. The second kappa shape index (κ2) is 3.18. The number of rotatable bonds is 3. The van der Waals surface area contributed by atoms with Crippen LogP contribution in [0, 0.1) is 0 Å². The van der Waals surface area contributed by atoms with Crippen molar-refractivity contribution in [2.24, 2.45) is 5.73 Å². The molecule has 0 fully saturated rings. The topological polar surface area (TPSA) is 60.9 Å². The Morgan fingerprint density at radius 3 is 3.00 bits per heavy atom. The molecule has 0 aromatic carbocycles. The molecular weight excluding hydrogens is 142 g/mol. The summed E-state index contributed by atoms with van der Waals surface area (Å²) in [6.45, 7) is 2.87. The van der Waals surface area contributed by atoms with E-state index < -0.39 is 5.91 Å². The Kier molecular flexibility index (Phi) is 2.25. The number of carbonyl (C=O) groups excluding carboxylic acids is 1. The first-order valence-electron chi connectivity index (χ1n) is 3.57. The lowest BCUT2D eigenvalue weighted by molar-refractivity contribution is 0.0994. The van der Waals surface area contributed by atoms with Gasteiger partial charge < -0.3 is 5.73 Å². The molecule has 1 aromatic rings. The van der Waals surface area contributed by atoms with E-state index in [9.17, 15) is 4.79 Å². The Morgan fingerprint density at radius 2 is 2.55 bits per heavy atom. The molecule has 0 saturated carbocycles. The lowest BCUT2D eigenvalue weighted by Gasteiger charge is -1.94. The molecule has 0 aliphatic carbocycles. The van der Waals surface area contributed by atoms with Gasteiger partial charge in [-0.05, 0) is 12.5 Å². The summed E-state index contributed by atoms with van der Waals surface area (Å²) in [5.41, 5.74) is 5.34. The van der Waals surface area contributed by atoms with E-state index in [2.05, 4.69) is 5.10 Å². The SMILES string of the molecule is CCCn1ccc(C(N)=O)n1. The first-order valence-corrected chi connectivity index (χ1v) is 3.57. The normalized spacial score (nSPS) is 9.91. The number of hydrogen-bond donors (Lipinski definition) is 1. The van der Waals surface area contributed by atoms with Crippen molar-refractivity contribution < 1.29 is 4.79 Å². The number of nitrogens with two attached hydrogens (primary N) is 1. The van der Waals surface area contributed by atoms with Crippen LogP contribution in [0.15, 0.2) is 12.3 Å². The van der Waals surface area contributed by atoms with Gasteiger partial charge in [-0.15, -0.1) is 0 Å². The van der Waals surface area contributed by atoms with Gasteiger partial charge in [-0.25, -0.2) is 0 Å². The van der Waals surface area contributed by atoms with Crippen molar-refractivity contribution in [3.05, 3.63) is 18.0 Å². The van der Waals surface area contributed by atoms with Crippen LogP contribution in [0.1, 0.15) is 23.8 Å². The minimum atomic E-state index is -0.472. The third kappa shape index (κ3) is 1.80. The summed E-state index contributed by atoms with van der Waals surface area (Å²) in [6, 6.07) is 1.62. The molecular formula is C7H11N3O. The van der Waals surface area contributed by atoms with Crippen molar-refractivity contribution >= 4 is 5.91 Å². The van der Waals surface area contributed by atoms with E-state index in [1.165, 1.54) is 0 Å². The molecule has 0 saturated heterocycles. The van der Waals surface area contributed by atoms with Gasteiger partial charge in [0, 0.05) is 12.7 Å². The zero-order valence-electron chi connectivity index (χ0n) is 6.45. The smallest absolute Gasteiger partial charge is 0.269 e. The number of nitrogens with zero attached hydrogens (tertiary/aromatic N) is 2. The van der Waals surface area contributed by atoms with Crippen molar-refractivity contribution in [3.63, 3.8) is 0 Å². The minimum absolute atomic E-state index is 0.332. The molecule has 0 spiro atoms. The van der Waals surface area contributed by atoms with Gasteiger partial charge in [0.25, 0.3) is 5.91 Å². The van der Waals surface area contributed by atoms with Crippen LogP contribution in [0.25, 0.3) is 0 Å². The standard InChI is InChI=1S/C7H11N3O/c1-2-4-10-5-3-6(9-10)7(8)11/h3,5H,2,4H2,1H3,(H2,8,11). The molecule has 0 atom stereocenters. The van der Waals surface area contributed by atoms with E-state index in [0.29, 0.717) is 5.69 Å². The van der Waals surface area contributed by atoms with Crippen LogP contribution in [0.4, 0.5) is 0 Å². The highest BCUT2D eigenvalue weighted by molar-refractivity contribution is 5.90. The highest BCUT2D eigenvalue weighted by Gasteiger charge is 2.02. The van der Waals surface area contributed by atoms with Gasteiger partial charge in [0.15, 0.2) is 0 Å². The quantitative estimate of drug-likeness (QED) is 0.682. The number of aryl methyl sites for hydroxylation is 1. The first kappa shape index (κ1) is 7.78. The lowest BCUT2D eigenvalue weighted by Crippen LogP contribution is -2.12. The molecule has 0 radical (unpaired) electrons. The molecule has 0 aliphatic heterocycles. The molecule has 1 aromatic heterocycles. The van der Waals surface area contributed by atoms with Crippen LogP contribution < -0.4 is 5.73 Å². The van der Waals surface area contributed by atoms with E-state index in [-0.39, 0.29) is 0 Å². The molecule has 4 heteroatoms. The Hall–Kier alpha value is -1.32. The number of aromatic nitrogens is 2. The van der Waals surface area contributed by atoms with E-state index in [4.69, 9.17) is 5.73 Å². The number of carbonyl (C=O) groups is 1. The Labute approximate surface area is 65.0 Å². The average molecular weight is 153 g/mol. The predicted molar refractivity (Wildman–Crippen MR) is 41.0 cm³/mol. The Balaban J connectivity index is 2.73. The van der Waals surface area contributed by atoms with E-state index in [0.717, 1.165) is 13.0 Å². The van der Waals surface area contributed by atoms with Gasteiger partial charge in [0.2, 0.25) is 0 Å². The maximum Gasteiger partial charge on any atom is 0.269 e. The van der Waals surface area contributed by atoms with Gasteiger partial charge in [0.05, 0.1) is 0 Å². The molecule has 0 bridgehead atoms. The molecule has 1 heterocycles. The van der Waals surface area contributed by atoms with Crippen LogP contribution in [0.5, 0.6) is 0 Å². The second-order valence-electron chi connectivity index (χ2n) is 2.33. The fraction of sp³-hybridized carbons (Fsp3) is 0.429. The lowest BCUT2D eigenvalue weighted by atomic mass is 10.4. The van der Waals surface area contributed by atoms with Crippen molar-refractivity contribution in [3.8, 4) is 0 Å². The highest BCUT2D eigenvalue weighted by Crippen LogP contribution is 1.94. The Morgan fingerprint density at radius 1 is 1.82 bits per heavy atom. The van der Waals surface area contributed by atoms with Crippen molar-refractivity contribution in [2.75, 3.05) is 0 Å².